The lowest BCUT2D eigenvalue weighted by Crippen LogP contribution is -2.22. The van der Waals surface area contributed by atoms with E-state index in [-0.39, 0.29) is 5.56 Å². The molecule has 5 aromatic rings. The van der Waals surface area contributed by atoms with Crippen molar-refractivity contribution in [3.63, 3.8) is 0 Å². The van der Waals surface area contributed by atoms with Crippen molar-refractivity contribution >= 4 is 51.1 Å². The number of primary amides is 1. The molecule has 0 saturated carbocycles. The lowest BCUT2D eigenvalue weighted by atomic mass is 10.1. The van der Waals surface area contributed by atoms with Gasteiger partial charge in [-0.2, -0.15) is 0 Å². The van der Waals surface area contributed by atoms with Crippen molar-refractivity contribution in [1.82, 2.24) is 14.5 Å². The van der Waals surface area contributed by atoms with Crippen LogP contribution in [0.5, 0.6) is 0 Å². The number of rotatable bonds is 5. The van der Waals surface area contributed by atoms with Gasteiger partial charge in [0.2, 0.25) is 5.95 Å². The highest BCUT2D eigenvalue weighted by Crippen LogP contribution is 2.30. The predicted octanol–water partition coefficient (Wildman–Crippen LogP) is 4.39. The fourth-order valence-electron chi connectivity index (χ4n) is 3.86. The zero-order valence-corrected chi connectivity index (χ0v) is 18.3. The fraction of sp³-hybridized carbons (Fsp3) is 0.0833. The average molecular weight is 460 g/mol. The zero-order valence-electron chi connectivity index (χ0n) is 17.5. The van der Waals surface area contributed by atoms with E-state index in [4.69, 9.17) is 26.7 Å². The Kier molecular flexibility index (Phi) is 5.07. The molecular formula is C24H18ClN5O3. The third-order valence-corrected chi connectivity index (χ3v) is 5.64. The Balaban J connectivity index is 1.74. The molecule has 2 aromatic carbocycles. The molecule has 0 bridgehead atoms. The molecule has 3 heterocycles. The Morgan fingerprint density at radius 2 is 2.03 bits per heavy atom. The van der Waals surface area contributed by atoms with E-state index in [9.17, 15) is 9.59 Å². The topological polar surface area (TPSA) is 116 Å². The number of nitrogens with two attached hydrogens (primary N) is 1. The summed E-state index contributed by atoms with van der Waals surface area (Å²) in [6.45, 7) is 2.09. The molecule has 3 N–H and O–H groups in total. The number of aromatic nitrogens is 3. The first kappa shape index (κ1) is 20.7. The van der Waals surface area contributed by atoms with Crippen molar-refractivity contribution < 1.29 is 9.21 Å². The van der Waals surface area contributed by atoms with Gasteiger partial charge in [0.15, 0.2) is 0 Å². The summed E-state index contributed by atoms with van der Waals surface area (Å²) < 4.78 is 7.38. The quantitative estimate of drug-likeness (QED) is 0.376. The van der Waals surface area contributed by atoms with Crippen LogP contribution in [0.3, 0.4) is 0 Å². The molecule has 0 aliphatic rings. The largest absolute Gasteiger partial charge is 0.422 e. The lowest BCUT2D eigenvalue weighted by molar-refractivity contribution is 0.0996. The van der Waals surface area contributed by atoms with E-state index in [0.29, 0.717) is 39.6 Å². The van der Waals surface area contributed by atoms with Gasteiger partial charge >= 0.3 is 5.63 Å². The minimum Gasteiger partial charge on any atom is -0.422 e. The van der Waals surface area contributed by atoms with Crippen LogP contribution in [0, 0.1) is 6.92 Å². The van der Waals surface area contributed by atoms with Crippen LogP contribution in [-0.4, -0.2) is 20.4 Å². The van der Waals surface area contributed by atoms with Gasteiger partial charge in [0.05, 0.1) is 23.3 Å². The molecule has 0 spiro atoms. The van der Waals surface area contributed by atoms with Crippen molar-refractivity contribution in [2.24, 2.45) is 5.73 Å². The monoisotopic (exact) mass is 459 g/mol. The second-order valence-corrected chi connectivity index (χ2v) is 8.01. The number of pyridine rings is 1. The molecule has 5 rings (SSSR count). The summed E-state index contributed by atoms with van der Waals surface area (Å²) in [7, 11) is 0. The number of fused-ring (bicyclic) bond motifs is 2. The summed E-state index contributed by atoms with van der Waals surface area (Å²) >= 11 is 6.15. The van der Waals surface area contributed by atoms with Crippen LogP contribution in [0.4, 0.5) is 11.6 Å². The van der Waals surface area contributed by atoms with E-state index in [1.165, 1.54) is 0 Å². The molecule has 8 nitrogen and oxygen atoms in total. The molecule has 0 aliphatic carbocycles. The molecule has 164 valence electrons. The first-order valence-corrected chi connectivity index (χ1v) is 10.5. The molecule has 0 aliphatic heterocycles. The van der Waals surface area contributed by atoms with Gasteiger partial charge in [0.25, 0.3) is 5.91 Å². The van der Waals surface area contributed by atoms with Crippen LogP contribution in [-0.2, 0) is 6.54 Å². The van der Waals surface area contributed by atoms with Gasteiger partial charge in [0, 0.05) is 28.4 Å². The number of benzene rings is 2. The molecule has 0 atom stereocenters. The van der Waals surface area contributed by atoms with Crippen molar-refractivity contribution in [3.05, 3.63) is 93.1 Å². The third-order valence-electron chi connectivity index (χ3n) is 5.41. The number of hydrogen-bond donors (Lipinski definition) is 2. The van der Waals surface area contributed by atoms with Crippen LogP contribution >= 0.6 is 11.6 Å². The molecule has 0 fully saturated rings. The first-order valence-electron chi connectivity index (χ1n) is 10.1. The minimum absolute atomic E-state index is 0.160. The van der Waals surface area contributed by atoms with Crippen LogP contribution in [0.25, 0.3) is 22.0 Å². The van der Waals surface area contributed by atoms with Crippen molar-refractivity contribution in [1.29, 1.82) is 0 Å². The number of aryl methyl sites for hydroxylation is 1. The second-order valence-electron chi connectivity index (χ2n) is 7.57. The Hall–Kier alpha value is -4.17. The zero-order chi connectivity index (χ0) is 23.1. The van der Waals surface area contributed by atoms with Gasteiger partial charge in [-0.1, -0.05) is 23.7 Å². The van der Waals surface area contributed by atoms with Gasteiger partial charge in [-0.25, -0.2) is 9.78 Å². The van der Waals surface area contributed by atoms with Gasteiger partial charge < -0.3 is 20.0 Å². The number of imidazole rings is 1. The lowest BCUT2D eigenvalue weighted by Gasteiger charge is -2.11. The van der Waals surface area contributed by atoms with Crippen molar-refractivity contribution in [2.75, 3.05) is 5.32 Å². The van der Waals surface area contributed by atoms with E-state index >= 15 is 0 Å². The van der Waals surface area contributed by atoms with E-state index in [1.807, 2.05) is 34.9 Å². The fourth-order valence-corrected chi connectivity index (χ4v) is 4.05. The van der Waals surface area contributed by atoms with Crippen LogP contribution in [0.1, 0.15) is 21.6 Å². The number of amides is 1. The molecular weight excluding hydrogens is 442 g/mol. The second kappa shape index (κ2) is 8.07. The number of nitrogens with zero attached hydrogens (tertiary/aromatic N) is 3. The summed E-state index contributed by atoms with van der Waals surface area (Å²) in [4.78, 5) is 33.3. The molecule has 0 unspecified atom stereocenters. The first-order chi connectivity index (χ1) is 15.9. The number of hydrogen-bond acceptors (Lipinski definition) is 6. The van der Waals surface area contributed by atoms with E-state index < -0.39 is 11.5 Å². The standard InChI is InChI=1S/C24H18ClN5O3/c1-13-17-10-18-19(11-20(17)33-23(32)21(13)22(26)31)30(12-16-6-2-3-8-27-16)24(29-18)28-15-7-4-5-14(25)9-15/h2-11H,12H2,1H3,(H2,26,31)(H,28,29). The predicted molar refractivity (Wildman–Crippen MR) is 127 cm³/mol. The highest BCUT2D eigenvalue weighted by Gasteiger charge is 2.19. The van der Waals surface area contributed by atoms with Crippen molar-refractivity contribution in [3.8, 4) is 0 Å². The molecule has 33 heavy (non-hydrogen) atoms. The van der Waals surface area contributed by atoms with Crippen LogP contribution in [0.2, 0.25) is 5.02 Å². The minimum atomic E-state index is -0.827. The van der Waals surface area contributed by atoms with Crippen LogP contribution in [0.15, 0.2) is 70.0 Å². The van der Waals surface area contributed by atoms with Crippen LogP contribution < -0.4 is 16.7 Å². The van der Waals surface area contributed by atoms with E-state index in [1.54, 1.807) is 37.4 Å². The number of carbonyl (C=O) groups is 1. The highest BCUT2D eigenvalue weighted by atomic mass is 35.5. The smallest absolute Gasteiger partial charge is 0.349 e. The SMILES string of the molecule is Cc1c(C(N)=O)c(=O)oc2cc3c(cc12)nc(Nc1cccc(Cl)c1)n3Cc1ccccn1. The Labute approximate surface area is 192 Å². The molecule has 1 amide bonds. The number of carbonyl (C=O) groups excluding carboxylic acids is 1. The van der Waals surface area contributed by atoms with Gasteiger partial charge in [-0.15, -0.1) is 0 Å². The average Bonchev–Trinajstić information content (AvgIpc) is 3.09. The molecule has 9 heteroatoms. The molecule has 3 aromatic heterocycles. The summed E-state index contributed by atoms with van der Waals surface area (Å²) in [5.41, 5.74) is 8.23. The molecule has 0 saturated heterocycles. The highest BCUT2D eigenvalue weighted by molar-refractivity contribution is 6.30. The van der Waals surface area contributed by atoms with Crippen molar-refractivity contribution in [2.45, 2.75) is 13.5 Å². The summed E-state index contributed by atoms with van der Waals surface area (Å²) in [5.74, 6) is -0.268. The number of halogens is 1. The van der Waals surface area contributed by atoms with Gasteiger partial charge in [-0.05, 0) is 48.9 Å². The Bertz CT molecular complexity index is 1590. The summed E-state index contributed by atoms with van der Waals surface area (Å²) in [5, 5.41) is 4.49. The Morgan fingerprint density at radius 1 is 1.18 bits per heavy atom. The van der Waals surface area contributed by atoms with Gasteiger partial charge in [0.1, 0.15) is 11.1 Å². The normalized spacial score (nSPS) is 11.2. The third kappa shape index (κ3) is 3.81. The number of nitrogens with one attached hydrogen (secondary N) is 1. The van der Waals surface area contributed by atoms with Gasteiger partial charge in [-0.3, -0.25) is 9.78 Å². The summed E-state index contributed by atoms with van der Waals surface area (Å²) in [6.07, 6.45) is 1.72. The molecule has 0 radical (unpaired) electrons. The maximum atomic E-state index is 12.4. The van der Waals surface area contributed by atoms with E-state index in [2.05, 4.69) is 10.3 Å². The Morgan fingerprint density at radius 3 is 2.76 bits per heavy atom. The maximum Gasteiger partial charge on any atom is 0.349 e. The number of anilines is 2. The maximum absolute atomic E-state index is 12.4. The van der Waals surface area contributed by atoms with E-state index in [0.717, 1.165) is 16.9 Å². The summed E-state index contributed by atoms with van der Waals surface area (Å²) in [6, 6.07) is 16.5.